The summed E-state index contributed by atoms with van der Waals surface area (Å²) in [6, 6.07) is 8.77. The molecule has 1 aromatic heterocycles. The number of carbonyl (C=O) groups is 1. The Morgan fingerprint density at radius 1 is 1.26 bits per heavy atom. The molecule has 5 heteroatoms. The molecule has 2 aromatic rings. The molecule has 0 saturated heterocycles. The Labute approximate surface area is 110 Å². The molecule has 2 N–H and O–H groups in total. The summed E-state index contributed by atoms with van der Waals surface area (Å²) in [4.78, 5) is 22.7. The second-order valence-corrected chi connectivity index (χ2v) is 4.42. The summed E-state index contributed by atoms with van der Waals surface area (Å²) in [5.74, 6) is -0.308. The molecule has 1 aromatic carbocycles. The molecule has 0 spiro atoms. The first-order valence-corrected chi connectivity index (χ1v) is 5.96. The van der Waals surface area contributed by atoms with Gasteiger partial charge in [-0.05, 0) is 31.0 Å². The molecule has 1 heterocycles. The number of nitrogens with zero attached hydrogens (tertiary/aromatic N) is 1. The van der Waals surface area contributed by atoms with Gasteiger partial charge in [0.2, 0.25) is 0 Å². The molecule has 0 unspecified atom stereocenters. The normalized spacial score (nSPS) is 10.2. The zero-order valence-electron chi connectivity index (χ0n) is 10.9. The van der Waals surface area contributed by atoms with Gasteiger partial charge in [-0.15, -0.1) is 0 Å². The number of carbonyl (C=O) groups excluding carboxylic acids is 1. The van der Waals surface area contributed by atoms with Crippen LogP contribution in [-0.2, 0) is 6.54 Å². The highest BCUT2D eigenvalue weighted by Gasteiger charge is 2.07. The molecule has 19 heavy (non-hydrogen) atoms. The summed E-state index contributed by atoms with van der Waals surface area (Å²) >= 11 is 0. The summed E-state index contributed by atoms with van der Waals surface area (Å²) in [5.41, 5.74) is 3.21. The Bertz CT molecular complexity index is 641. The van der Waals surface area contributed by atoms with Gasteiger partial charge in [0, 0.05) is 12.6 Å². The molecule has 0 radical (unpaired) electrons. The first-order chi connectivity index (χ1) is 9.06. The monoisotopic (exact) mass is 257 g/mol. The van der Waals surface area contributed by atoms with Crippen LogP contribution in [0, 0.1) is 13.8 Å². The van der Waals surface area contributed by atoms with Gasteiger partial charge in [0.15, 0.2) is 0 Å². The van der Waals surface area contributed by atoms with Gasteiger partial charge in [0.1, 0.15) is 5.69 Å². The molecule has 0 aliphatic carbocycles. The summed E-state index contributed by atoms with van der Waals surface area (Å²) in [6.45, 7) is 4.45. The molecule has 0 aliphatic rings. The maximum atomic E-state index is 11.8. The van der Waals surface area contributed by atoms with Gasteiger partial charge in [-0.3, -0.25) is 9.59 Å². The number of benzene rings is 1. The van der Waals surface area contributed by atoms with Gasteiger partial charge in [0.25, 0.3) is 11.5 Å². The molecule has 0 aliphatic heterocycles. The predicted molar refractivity (Wildman–Crippen MR) is 71.9 cm³/mol. The SMILES string of the molecule is Cc1ccc(C)c(CNC(=O)c2ccc(=O)[nH]n2)c1. The van der Waals surface area contributed by atoms with E-state index in [1.165, 1.54) is 12.1 Å². The number of H-pyrrole nitrogens is 1. The fraction of sp³-hybridized carbons (Fsp3) is 0.214. The van der Waals surface area contributed by atoms with E-state index in [1.807, 2.05) is 32.0 Å². The summed E-state index contributed by atoms with van der Waals surface area (Å²) in [7, 11) is 0. The zero-order chi connectivity index (χ0) is 13.8. The number of aromatic amines is 1. The van der Waals surface area contributed by atoms with Gasteiger partial charge in [-0.1, -0.05) is 23.8 Å². The lowest BCUT2D eigenvalue weighted by Gasteiger charge is -2.08. The smallest absolute Gasteiger partial charge is 0.271 e. The maximum Gasteiger partial charge on any atom is 0.271 e. The van der Waals surface area contributed by atoms with Gasteiger partial charge in [-0.2, -0.15) is 5.10 Å². The van der Waals surface area contributed by atoms with Crippen LogP contribution in [0.3, 0.4) is 0 Å². The number of amides is 1. The average molecular weight is 257 g/mol. The average Bonchev–Trinajstić information content (AvgIpc) is 2.40. The van der Waals surface area contributed by atoms with E-state index < -0.39 is 0 Å². The third-order valence-corrected chi connectivity index (χ3v) is 2.86. The summed E-state index contributed by atoms with van der Waals surface area (Å²) in [5, 5.41) is 8.69. The number of aromatic nitrogens is 2. The van der Waals surface area contributed by atoms with E-state index in [0.717, 1.165) is 16.7 Å². The molecule has 0 saturated carbocycles. The number of hydrogen-bond acceptors (Lipinski definition) is 3. The van der Waals surface area contributed by atoms with Crippen LogP contribution < -0.4 is 10.9 Å². The van der Waals surface area contributed by atoms with Crippen molar-refractivity contribution in [3.05, 3.63) is 63.1 Å². The summed E-state index contributed by atoms with van der Waals surface area (Å²) in [6.07, 6.45) is 0. The topological polar surface area (TPSA) is 74.8 Å². The van der Waals surface area contributed by atoms with Gasteiger partial charge >= 0.3 is 0 Å². The first-order valence-electron chi connectivity index (χ1n) is 5.96. The van der Waals surface area contributed by atoms with Crippen molar-refractivity contribution in [2.24, 2.45) is 0 Å². The van der Waals surface area contributed by atoms with Crippen molar-refractivity contribution in [3.63, 3.8) is 0 Å². The van der Waals surface area contributed by atoms with Crippen molar-refractivity contribution in [1.29, 1.82) is 0 Å². The van der Waals surface area contributed by atoms with E-state index in [-0.39, 0.29) is 17.2 Å². The minimum absolute atomic E-state index is 0.199. The second kappa shape index (κ2) is 5.48. The third kappa shape index (κ3) is 3.28. The lowest BCUT2D eigenvalue weighted by atomic mass is 10.1. The Hall–Kier alpha value is -2.43. The highest BCUT2D eigenvalue weighted by Crippen LogP contribution is 2.10. The van der Waals surface area contributed by atoms with Crippen LogP contribution in [0.2, 0.25) is 0 Å². The van der Waals surface area contributed by atoms with Gasteiger partial charge in [-0.25, -0.2) is 5.10 Å². The summed E-state index contributed by atoms with van der Waals surface area (Å²) < 4.78 is 0. The largest absolute Gasteiger partial charge is 0.347 e. The molecule has 98 valence electrons. The van der Waals surface area contributed by atoms with E-state index in [9.17, 15) is 9.59 Å². The minimum atomic E-state index is -0.328. The highest BCUT2D eigenvalue weighted by molar-refractivity contribution is 5.91. The van der Waals surface area contributed by atoms with Crippen LogP contribution in [0.25, 0.3) is 0 Å². The lowest BCUT2D eigenvalue weighted by molar-refractivity contribution is 0.0944. The molecule has 0 atom stereocenters. The van der Waals surface area contributed by atoms with Crippen molar-refractivity contribution in [1.82, 2.24) is 15.5 Å². The van der Waals surface area contributed by atoms with E-state index in [4.69, 9.17) is 0 Å². The van der Waals surface area contributed by atoms with Crippen molar-refractivity contribution < 1.29 is 4.79 Å². The third-order valence-electron chi connectivity index (χ3n) is 2.86. The van der Waals surface area contributed by atoms with E-state index >= 15 is 0 Å². The highest BCUT2D eigenvalue weighted by atomic mass is 16.2. The van der Waals surface area contributed by atoms with Gasteiger partial charge in [0.05, 0.1) is 0 Å². The van der Waals surface area contributed by atoms with Crippen LogP contribution in [0.5, 0.6) is 0 Å². The Balaban J connectivity index is 2.06. The molecule has 0 bridgehead atoms. The molecule has 5 nitrogen and oxygen atoms in total. The predicted octanol–water partition coefficient (Wildman–Crippen LogP) is 1.32. The van der Waals surface area contributed by atoms with Gasteiger partial charge < -0.3 is 5.32 Å². The maximum absolute atomic E-state index is 11.8. The van der Waals surface area contributed by atoms with Crippen LogP contribution in [0.4, 0.5) is 0 Å². The number of rotatable bonds is 3. The first kappa shape index (κ1) is 13.0. The van der Waals surface area contributed by atoms with Crippen molar-refractivity contribution in [3.8, 4) is 0 Å². The van der Waals surface area contributed by atoms with Crippen LogP contribution in [-0.4, -0.2) is 16.1 Å². The Kier molecular flexibility index (Phi) is 3.75. The van der Waals surface area contributed by atoms with E-state index in [1.54, 1.807) is 0 Å². The van der Waals surface area contributed by atoms with E-state index in [0.29, 0.717) is 6.54 Å². The molecular weight excluding hydrogens is 242 g/mol. The van der Waals surface area contributed by atoms with Crippen molar-refractivity contribution in [2.45, 2.75) is 20.4 Å². The number of hydrogen-bond donors (Lipinski definition) is 2. The molecule has 0 fully saturated rings. The number of nitrogens with one attached hydrogen (secondary N) is 2. The quantitative estimate of drug-likeness (QED) is 0.870. The van der Waals surface area contributed by atoms with Crippen molar-refractivity contribution in [2.75, 3.05) is 0 Å². The zero-order valence-corrected chi connectivity index (χ0v) is 10.9. The second-order valence-electron chi connectivity index (χ2n) is 4.42. The fourth-order valence-electron chi connectivity index (χ4n) is 1.73. The fourth-order valence-corrected chi connectivity index (χ4v) is 1.73. The van der Waals surface area contributed by atoms with Crippen LogP contribution >= 0.6 is 0 Å². The van der Waals surface area contributed by atoms with E-state index in [2.05, 4.69) is 15.5 Å². The standard InChI is InChI=1S/C14H15N3O2/c1-9-3-4-10(2)11(7-9)8-15-14(19)12-5-6-13(18)17-16-12/h3-7H,8H2,1-2H3,(H,15,19)(H,17,18). The van der Waals surface area contributed by atoms with Crippen molar-refractivity contribution >= 4 is 5.91 Å². The van der Waals surface area contributed by atoms with Crippen LogP contribution in [0.1, 0.15) is 27.2 Å². The molecular formula is C14H15N3O2. The Morgan fingerprint density at radius 3 is 2.74 bits per heavy atom. The minimum Gasteiger partial charge on any atom is -0.347 e. The number of aryl methyl sites for hydroxylation is 2. The molecule has 1 amide bonds. The lowest BCUT2D eigenvalue weighted by Crippen LogP contribution is -2.25. The molecule has 2 rings (SSSR count). The Morgan fingerprint density at radius 2 is 2.05 bits per heavy atom. The van der Waals surface area contributed by atoms with Crippen LogP contribution in [0.15, 0.2) is 35.1 Å².